The average molecular weight is 325 g/mol. The number of fused-ring (bicyclic) bond motifs is 1. The summed E-state index contributed by atoms with van der Waals surface area (Å²) in [5.74, 6) is -0.0914. The fraction of sp³-hybridized carbons (Fsp3) is 0.333. The molecule has 0 aliphatic carbocycles. The summed E-state index contributed by atoms with van der Waals surface area (Å²) in [5.41, 5.74) is 4.37. The van der Waals surface area contributed by atoms with Crippen molar-refractivity contribution in [2.24, 2.45) is 0 Å². The van der Waals surface area contributed by atoms with Crippen molar-refractivity contribution in [2.45, 2.75) is 19.4 Å². The third-order valence-corrected chi connectivity index (χ3v) is 4.45. The van der Waals surface area contributed by atoms with Gasteiger partial charge in [-0.2, -0.15) is 0 Å². The largest absolute Gasteiger partial charge is 0.383 e. The zero-order chi connectivity index (χ0) is 16.4. The van der Waals surface area contributed by atoms with Crippen molar-refractivity contribution in [3.63, 3.8) is 0 Å². The fourth-order valence-corrected chi connectivity index (χ4v) is 3.27. The lowest BCUT2D eigenvalue weighted by molar-refractivity contribution is 0.392. The molecule has 6 heteroatoms. The second kappa shape index (κ2) is 6.47. The molecule has 0 radical (unpaired) electrons. The smallest absolute Gasteiger partial charge is 0.144 e. The van der Waals surface area contributed by atoms with Crippen molar-refractivity contribution in [3.8, 4) is 0 Å². The molecule has 1 saturated heterocycles. The summed E-state index contributed by atoms with van der Waals surface area (Å²) >= 11 is 0. The van der Waals surface area contributed by atoms with Gasteiger partial charge in [-0.25, -0.2) is 4.39 Å². The molecule has 24 heavy (non-hydrogen) atoms. The summed E-state index contributed by atoms with van der Waals surface area (Å²) in [7, 11) is 0. The first-order valence-corrected chi connectivity index (χ1v) is 8.32. The normalized spacial score (nSPS) is 17.9. The molecule has 0 bridgehead atoms. The zero-order valence-corrected chi connectivity index (χ0v) is 13.4. The molecule has 1 aromatic carbocycles. The Labute approximate surface area is 140 Å². The van der Waals surface area contributed by atoms with Crippen LogP contribution in [-0.2, 0) is 6.54 Å². The quantitative estimate of drug-likeness (QED) is 0.904. The van der Waals surface area contributed by atoms with Gasteiger partial charge in [0.1, 0.15) is 5.83 Å². The van der Waals surface area contributed by atoms with E-state index in [4.69, 9.17) is 0 Å². The van der Waals surface area contributed by atoms with Crippen LogP contribution < -0.4 is 10.6 Å². The number of aromatic nitrogens is 2. The second-order valence-corrected chi connectivity index (χ2v) is 6.12. The third-order valence-electron chi connectivity index (χ3n) is 4.45. The summed E-state index contributed by atoms with van der Waals surface area (Å²) in [6.45, 7) is 2.73. The Bertz CT molecular complexity index is 808. The minimum absolute atomic E-state index is 0.0914. The van der Waals surface area contributed by atoms with Crippen molar-refractivity contribution in [1.82, 2.24) is 25.5 Å². The number of hydrogen-bond donors (Lipinski definition) is 2. The number of nitrogens with zero attached hydrogens (tertiary/aromatic N) is 3. The molecule has 0 unspecified atom stereocenters. The molecule has 2 aliphatic rings. The second-order valence-electron chi connectivity index (χ2n) is 6.12. The van der Waals surface area contributed by atoms with Crippen LogP contribution in [0.5, 0.6) is 0 Å². The van der Waals surface area contributed by atoms with Crippen LogP contribution in [0.15, 0.2) is 54.0 Å². The van der Waals surface area contributed by atoms with Gasteiger partial charge in [0.25, 0.3) is 0 Å². The van der Waals surface area contributed by atoms with E-state index in [2.05, 4.69) is 25.5 Å². The molecule has 124 valence electrons. The molecule has 2 aliphatic heterocycles. The fourth-order valence-electron chi connectivity index (χ4n) is 3.27. The number of likely N-dealkylation sites (tertiary alicyclic amines) is 1. The Hall–Kier alpha value is -2.63. The molecular formula is C18H20FN5. The number of dihydropyridines is 1. The van der Waals surface area contributed by atoms with E-state index < -0.39 is 0 Å². The van der Waals surface area contributed by atoms with E-state index in [-0.39, 0.29) is 12.4 Å². The highest BCUT2D eigenvalue weighted by atomic mass is 19.1. The van der Waals surface area contributed by atoms with E-state index in [0.717, 1.165) is 48.2 Å². The predicted molar refractivity (Wildman–Crippen MR) is 91.4 cm³/mol. The molecule has 5 nitrogen and oxygen atoms in total. The molecule has 2 N–H and O–H groups in total. The van der Waals surface area contributed by atoms with Gasteiger partial charge in [0.2, 0.25) is 0 Å². The van der Waals surface area contributed by atoms with Crippen LogP contribution in [0.25, 0.3) is 11.0 Å². The average Bonchev–Trinajstić information content (AvgIpc) is 3.14. The Morgan fingerprint density at radius 1 is 1.12 bits per heavy atom. The van der Waals surface area contributed by atoms with Gasteiger partial charge in [-0.05, 0) is 30.5 Å². The van der Waals surface area contributed by atoms with Gasteiger partial charge >= 0.3 is 0 Å². The van der Waals surface area contributed by atoms with Gasteiger partial charge in [0.15, 0.2) is 0 Å². The Morgan fingerprint density at radius 3 is 2.75 bits per heavy atom. The highest BCUT2D eigenvalue weighted by Gasteiger charge is 2.24. The van der Waals surface area contributed by atoms with E-state index in [1.54, 1.807) is 12.4 Å². The van der Waals surface area contributed by atoms with Crippen LogP contribution in [0.3, 0.4) is 0 Å². The summed E-state index contributed by atoms with van der Waals surface area (Å²) in [6.07, 6.45) is 7.50. The molecule has 4 rings (SSSR count). The lowest BCUT2D eigenvalue weighted by atomic mass is 10.1. The first kappa shape index (κ1) is 14.9. The van der Waals surface area contributed by atoms with Crippen molar-refractivity contribution in [3.05, 3.63) is 59.6 Å². The maximum absolute atomic E-state index is 14.4. The van der Waals surface area contributed by atoms with Gasteiger partial charge in [-0.15, -0.1) is 0 Å². The molecule has 0 saturated carbocycles. The number of nitrogens with one attached hydrogen (secondary N) is 2. The molecule has 3 heterocycles. The Morgan fingerprint density at radius 2 is 1.92 bits per heavy atom. The van der Waals surface area contributed by atoms with Crippen LogP contribution in [0, 0.1) is 0 Å². The van der Waals surface area contributed by atoms with E-state index in [9.17, 15) is 4.39 Å². The van der Waals surface area contributed by atoms with Crippen LogP contribution in [-0.4, -0.2) is 34.5 Å². The minimum Gasteiger partial charge on any atom is -0.383 e. The van der Waals surface area contributed by atoms with Crippen molar-refractivity contribution >= 4 is 11.0 Å². The van der Waals surface area contributed by atoms with Crippen molar-refractivity contribution < 1.29 is 4.39 Å². The summed E-state index contributed by atoms with van der Waals surface area (Å²) in [5, 5.41) is 6.37. The highest BCUT2D eigenvalue weighted by Crippen LogP contribution is 2.25. The summed E-state index contributed by atoms with van der Waals surface area (Å²) < 4.78 is 14.4. The maximum Gasteiger partial charge on any atom is 0.144 e. The van der Waals surface area contributed by atoms with Gasteiger partial charge in [-0.3, -0.25) is 9.97 Å². The maximum atomic E-state index is 14.4. The molecule has 1 fully saturated rings. The zero-order valence-electron chi connectivity index (χ0n) is 13.4. The van der Waals surface area contributed by atoms with E-state index in [1.165, 1.54) is 0 Å². The monoisotopic (exact) mass is 325 g/mol. The van der Waals surface area contributed by atoms with Crippen LogP contribution in [0.2, 0.25) is 0 Å². The number of rotatable bonds is 4. The minimum atomic E-state index is -0.0914. The summed E-state index contributed by atoms with van der Waals surface area (Å²) in [4.78, 5) is 10.8. The first-order valence-electron chi connectivity index (χ1n) is 8.32. The lowest BCUT2D eigenvalue weighted by Crippen LogP contribution is -2.32. The lowest BCUT2D eigenvalue weighted by Gasteiger charge is -2.28. The molecule has 1 aromatic heterocycles. The molecule has 0 spiro atoms. The van der Waals surface area contributed by atoms with Crippen LogP contribution in [0.1, 0.15) is 18.4 Å². The first-order chi connectivity index (χ1) is 11.8. The number of hydrogen-bond acceptors (Lipinski definition) is 5. The Kier molecular flexibility index (Phi) is 4.02. The van der Waals surface area contributed by atoms with Gasteiger partial charge in [0.05, 0.1) is 29.0 Å². The van der Waals surface area contributed by atoms with Crippen molar-refractivity contribution in [1.29, 1.82) is 0 Å². The molecule has 0 atom stereocenters. The van der Waals surface area contributed by atoms with Crippen LogP contribution >= 0.6 is 0 Å². The van der Waals surface area contributed by atoms with Gasteiger partial charge in [0, 0.05) is 38.2 Å². The van der Waals surface area contributed by atoms with E-state index in [1.807, 2.05) is 24.4 Å². The summed E-state index contributed by atoms with van der Waals surface area (Å²) in [6, 6.07) is 6.00. The molecule has 2 aromatic rings. The SMILES string of the molecule is FC1=C(N2CCCC2)C(NCc2ccc3nccnc3c2)=CNC1. The topological polar surface area (TPSA) is 53.1 Å². The number of benzene rings is 1. The molecule has 0 amide bonds. The Balaban J connectivity index is 1.51. The molecular weight excluding hydrogens is 305 g/mol. The predicted octanol–water partition coefficient (Wildman–Crippen LogP) is 2.44. The standard InChI is InChI=1S/C18H20FN5/c19-14-11-20-12-17(18(14)24-7-1-2-8-24)23-10-13-3-4-15-16(9-13)22-6-5-21-15/h3-6,9,12,20,23H,1-2,7-8,10-11H2. The highest BCUT2D eigenvalue weighted by molar-refractivity contribution is 5.74. The van der Waals surface area contributed by atoms with E-state index >= 15 is 0 Å². The van der Waals surface area contributed by atoms with Gasteiger partial charge in [-0.1, -0.05) is 6.07 Å². The third kappa shape index (κ3) is 2.91. The van der Waals surface area contributed by atoms with Crippen molar-refractivity contribution in [2.75, 3.05) is 19.6 Å². The van der Waals surface area contributed by atoms with Crippen LogP contribution in [0.4, 0.5) is 4.39 Å². The van der Waals surface area contributed by atoms with E-state index in [0.29, 0.717) is 12.2 Å². The van der Waals surface area contributed by atoms with Gasteiger partial charge < -0.3 is 15.5 Å². The number of halogens is 1.